The van der Waals surface area contributed by atoms with Gasteiger partial charge in [0.15, 0.2) is 5.54 Å². The topological polar surface area (TPSA) is 78.1 Å². The Morgan fingerprint density at radius 1 is 1.24 bits per heavy atom. The third-order valence-electron chi connectivity index (χ3n) is 6.25. The second kappa shape index (κ2) is 10.2. The van der Waals surface area contributed by atoms with Gasteiger partial charge in [0.1, 0.15) is 5.82 Å². The maximum Gasteiger partial charge on any atom is 0.258 e. The summed E-state index contributed by atoms with van der Waals surface area (Å²) in [6, 6.07) is 14.4. The number of benzene rings is 2. The fourth-order valence-electron chi connectivity index (χ4n) is 4.28. The molecule has 7 heteroatoms. The first kappa shape index (κ1) is 23.7. The van der Waals surface area contributed by atoms with Gasteiger partial charge in [-0.3, -0.25) is 19.8 Å². The molecule has 2 aromatic carbocycles. The number of rotatable bonds is 8. The molecule has 0 bridgehead atoms. The zero-order chi connectivity index (χ0) is 24.1. The number of aromatic amines is 1. The fourth-order valence-corrected chi connectivity index (χ4v) is 4.45. The van der Waals surface area contributed by atoms with Gasteiger partial charge in [0, 0.05) is 11.4 Å². The Kier molecular flexibility index (Phi) is 7.10. The van der Waals surface area contributed by atoms with Crippen LogP contribution in [0, 0.1) is 0 Å². The summed E-state index contributed by atoms with van der Waals surface area (Å²) < 4.78 is 0. The van der Waals surface area contributed by atoms with Crippen molar-refractivity contribution in [3.05, 3.63) is 101 Å². The number of hydrogen-bond acceptors (Lipinski definition) is 4. The average molecular weight is 475 g/mol. The molecule has 1 aliphatic carbocycles. The molecule has 6 nitrogen and oxygen atoms in total. The number of fused-ring (bicyclic) bond motifs is 1. The second-order valence-electron chi connectivity index (χ2n) is 8.33. The zero-order valence-electron chi connectivity index (χ0n) is 19.2. The fraction of sp³-hybridized carbons (Fsp3) is 0.222. The second-order valence-corrected chi connectivity index (χ2v) is 8.76. The predicted octanol–water partition coefficient (Wildman–Crippen LogP) is 5.21. The molecular formula is C27H27ClN4O2. The summed E-state index contributed by atoms with van der Waals surface area (Å²) >= 11 is 6.19. The van der Waals surface area contributed by atoms with Crippen LogP contribution < -0.4 is 5.32 Å². The highest BCUT2D eigenvalue weighted by molar-refractivity contribution is 6.31. The van der Waals surface area contributed by atoms with Crippen LogP contribution in [-0.4, -0.2) is 34.2 Å². The summed E-state index contributed by atoms with van der Waals surface area (Å²) in [6.45, 7) is 1.84. The summed E-state index contributed by atoms with van der Waals surface area (Å²) in [7, 11) is 1.72. The van der Waals surface area contributed by atoms with Crippen LogP contribution in [0.3, 0.4) is 0 Å². The lowest BCUT2D eigenvalue weighted by molar-refractivity contribution is -0.146. The summed E-state index contributed by atoms with van der Waals surface area (Å²) in [5.74, 6) is 0.0482. The number of halogens is 1. The van der Waals surface area contributed by atoms with Crippen molar-refractivity contribution in [2.24, 2.45) is 0 Å². The highest BCUT2D eigenvalue weighted by atomic mass is 35.5. The number of nitrogens with zero attached hydrogens (tertiary/aromatic N) is 2. The molecule has 174 valence electrons. The number of allylic oxidation sites excluding steroid dienone is 5. The standard InChI is InChI=1S/C27H27ClN4O2/c1-19(21-12-8-5-9-13-21)32(18-33)26(34)27(29-2,17-20-10-6-3-4-7-11-20)25-30-23-15-14-22(28)16-24(23)31-25/h3-10,12-16,18-19,29H,11,17H2,1-2H3,(H,30,31)/t19?,27-/m1/s1. The first-order chi connectivity index (χ1) is 16.5. The molecule has 0 fully saturated rings. The molecule has 0 saturated heterocycles. The molecule has 1 heterocycles. The van der Waals surface area contributed by atoms with Gasteiger partial charge in [0.25, 0.3) is 5.91 Å². The molecule has 3 aromatic rings. The lowest BCUT2D eigenvalue weighted by Crippen LogP contribution is -2.55. The number of nitrogens with one attached hydrogen (secondary N) is 2. The first-order valence-electron chi connectivity index (χ1n) is 11.2. The summed E-state index contributed by atoms with van der Waals surface area (Å²) in [4.78, 5) is 35.8. The predicted molar refractivity (Wildman–Crippen MR) is 135 cm³/mol. The molecule has 1 aliphatic rings. The van der Waals surface area contributed by atoms with Crippen LogP contribution in [0.1, 0.15) is 37.2 Å². The molecule has 2 amide bonds. The Labute approximate surface area is 204 Å². The number of amides is 2. The van der Waals surface area contributed by atoms with Crippen LogP contribution >= 0.6 is 11.6 Å². The van der Waals surface area contributed by atoms with Crippen molar-refractivity contribution in [2.75, 3.05) is 7.05 Å². The van der Waals surface area contributed by atoms with Crippen molar-refractivity contribution in [1.82, 2.24) is 20.2 Å². The number of imide groups is 1. The summed E-state index contributed by atoms with van der Waals surface area (Å²) in [5.41, 5.74) is 2.01. The number of likely N-dealkylation sites (N-methyl/N-ethyl adjacent to an activating group) is 1. The van der Waals surface area contributed by atoms with Crippen molar-refractivity contribution in [1.29, 1.82) is 0 Å². The molecule has 0 aliphatic heterocycles. The number of H-pyrrole nitrogens is 1. The van der Waals surface area contributed by atoms with Gasteiger partial charge in [-0.1, -0.05) is 77.9 Å². The van der Waals surface area contributed by atoms with E-state index >= 15 is 0 Å². The van der Waals surface area contributed by atoms with Crippen LogP contribution in [-0.2, 0) is 15.1 Å². The van der Waals surface area contributed by atoms with Crippen LogP contribution in [0.4, 0.5) is 0 Å². The van der Waals surface area contributed by atoms with Gasteiger partial charge in [0.05, 0.1) is 17.1 Å². The van der Waals surface area contributed by atoms with Crippen molar-refractivity contribution >= 4 is 35.0 Å². The van der Waals surface area contributed by atoms with Crippen LogP contribution in [0.5, 0.6) is 0 Å². The molecule has 0 spiro atoms. The lowest BCUT2D eigenvalue weighted by Gasteiger charge is -2.36. The Morgan fingerprint density at radius 3 is 2.76 bits per heavy atom. The van der Waals surface area contributed by atoms with Gasteiger partial charge in [-0.25, -0.2) is 4.98 Å². The zero-order valence-corrected chi connectivity index (χ0v) is 19.9. The van der Waals surface area contributed by atoms with E-state index in [9.17, 15) is 9.59 Å². The monoisotopic (exact) mass is 474 g/mol. The van der Waals surface area contributed by atoms with E-state index in [4.69, 9.17) is 16.6 Å². The highest BCUT2D eigenvalue weighted by Crippen LogP contribution is 2.34. The highest BCUT2D eigenvalue weighted by Gasteiger charge is 2.46. The van der Waals surface area contributed by atoms with E-state index in [0.717, 1.165) is 16.7 Å². The van der Waals surface area contributed by atoms with Crippen LogP contribution in [0.2, 0.25) is 5.02 Å². The molecule has 4 rings (SSSR count). The molecule has 2 N–H and O–H groups in total. The number of aromatic nitrogens is 2. The molecule has 2 atom stereocenters. The number of hydrogen-bond donors (Lipinski definition) is 2. The molecule has 0 saturated carbocycles. The van der Waals surface area contributed by atoms with Crippen LogP contribution in [0.15, 0.2) is 84.5 Å². The van der Waals surface area contributed by atoms with E-state index in [1.807, 2.05) is 73.7 Å². The maximum absolute atomic E-state index is 14.2. The molecule has 1 unspecified atom stereocenters. The van der Waals surface area contributed by atoms with Gasteiger partial charge < -0.3 is 4.98 Å². The number of carbonyl (C=O) groups is 2. The average Bonchev–Trinajstić information content (AvgIpc) is 3.11. The minimum atomic E-state index is -1.30. The number of carbonyl (C=O) groups excluding carboxylic acids is 2. The van der Waals surface area contributed by atoms with Gasteiger partial charge in [-0.2, -0.15) is 0 Å². The third-order valence-corrected chi connectivity index (χ3v) is 6.48. The minimum absolute atomic E-state index is 0.330. The Balaban J connectivity index is 1.83. The Morgan fingerprint density at radius 2 is 2.03 bits per heavy atom. The van der Waals surface area contributed by atoms with E-state index in [2.05, 4.69) is 10.3 Å². The van der Waals surface area contributed by atoms with E-state index in [-0.39, 0.29) is 5.91 Å². The smallest absolute Gasteiger partial charge is 0.258 e. The SMILES string of the molecule is CN[C@@](CC1=CC=CC=CC1)(C(=O)N(C=O)C(C)c1ccccc1)c1nc2ccc(Cl)cc2[nH]1. The molecule has 1 aromatic heterocycles. The molecule has 34 heavy (non-hydrogen) atoms. The van der Waals surface area contributed by atoms with E-state index in [1.54, 1.807) is 19.2 Å². The van der Waals surface area contributed by atoms with Crippen molar-refractivity contribution in [3.8, 4) is 0 Å². The number of imidazole rings is 1. The van der Waals surface area contributed by atoms with Crippen molar-refractivity contribution in [3.63, 3.8) is 0 Å². The van der Waals surface area contributed by atoms with Gasteiger partial charge in [0.2, 0.25) is 6.41 Å². The Bertz CT molecular complexity index is 1280. The molecular weight excluding hydrogens is 448 g/mol. The largest absolute Gasteiger partial charge is 0.340 e. The quantitative estimate of drug-likeness (QED) is 0.439. The van der Waals surface area contributed by atoms with Crippen molar-refractivity contribution < 1.29 is 9.59 Å². The van der Waals surface area contributed by atoms with Gasteiger partial charge in [-0.15, -0.1) is 0 Å². The first-order valence-corrected chi connectivity index (χ1v) is 11.5. The van der Waals surface area contributed by atoms with Crippen LogP contribution in [0.25, 0.3) is 11.0 Å². The normalized spacial score (nSPS) is 15.9. The van der Waals surface area contributed by atoms with E-state index < -0.39 is 11.6 Å². The lowest BCUT2D eigenvalue weighted by atomic mass is 9.86. The van der Waals surface area contributed by atoms with Gasteiger partial charge in [-0.05, 0) is 44.2 Å². The Hall–Kier alpha value is -3.48. The van der Waals surface area contributed by atoms with Crippen molar-refractivity contribution in [2.45, 2.75) is 31.3 Å². The molecule has 0 radical (unpaired) electrons. The maximum atomic E-state index is 14.2. The summed E-state index contributed by atoms with van der Waals surface area (Å²) in [5, 5.41) is 3.80. The minimum Gasteiger partial charge on any atom is -0.340 e. The van der Waals surface area contributed by atoms with E-state index in [1.165, 1.54) is 4.90 Å². The summed E-state index contributed by atoms with van der Waals surface area (Å²) in [6.07, 6.45) is 11.5. The van der Waals surface area contributed by atoms with Gasteiger partial charge >= 0.3 is 0 Å². The van der Waals surface area contributed by atoms with E-state index in [0.29, 0.717) is 35.6 Å². The third kappa shape index (κ3) is 4.60.